The van der Waals surface area contributed by atoms with Crippen molar-refractivity contribution in [3.05, 3.63) is 89.0 Å². The van der Waals surface area contributed by atoms with E-state index in [2.05, 4.69) is 11.1 Å². The lowest BCUT2D eigenvalue weighted by molar-refractivity contribution is 0.355. The minimum atomic E-state index is 0.262. The first kappa shape index (κ1) is 21.9. The maximum Gasteiger partial charge on any atom is 0.238 e. The van der Waals surface area contributed by atoms with Gasteiger partial charge in [-0.15, -0.1) is 0 Å². The summed E-state index contributed by atoms with van der Waals surface area (Å²) in [6.45, 7) is 4.07. The van der Waals surface area contributed by atoms with Gasteiger partial charge in [-0.3, -0.25) is 0 Å². The van der Waals surface area contributed by atoms with E-state index in [9.17, 15) is 5.26 Å². The Hall–Kier alpha value is -4.30. The van der Waals surface area contributed by atoms with Crippen LogP contribution in [-0.4, -0.2) is 20.4 Å². The number of nitriles is 1. The Balaban J connectivity index is 1.84. The van der Waals surface area contributed by atoms with E-state index in [1.54, 1.807) is 20.4 Å². The van der Waals surface area contributed by atoms with Crippen LogP contribution in [-0.2, 0) is 0 Å². The average Bonchev–Trinajstić information content (AvgIpc) is 3.21. The molecule has 0 aliphatic carbocycles. The van der Waals surface area contributed by atoms with E-state index in [4.69, 9.17) is 13.9 Å². The third-order valence-corrected chi connectivity index (χ3v) is 5.39. The van der Waals surface area contributed by atoms with Crippen molar-refractivity contribution in [2.75, 3.05) is 14.2 Å². The number of aryl methyl sites for hydroxylation is 2. The Morgan fingerprint density at radius 2 is 1.42 bits per heavy atom. The molecule has 0 radical (unpaired) electrons. The fourth-order valence-corrected chi connectivity index (χ4v) is 3.58. The molecule has 0 aliphatic heterocycles. The maximum absolute atomic E-state index is 10.0. The van der Waals surface area contributed by atoms with E-state index in [0.717, 1.165) is 33.4 Å². The molecule has 0 fully saturated rings. The molecule has 0 aliphatic rings. The molecule has 4 rings (SSSR count). The van der Waals surface area contributed by atoms with E-state index in [-0.39, 0.29) is 5.88 Å². The fraction of sp³-hybridized carbons (Fsp3) is 0.143. The SMILES string of the molecule is COc1ccc(C=Nc2oc(-c3ccc(C)cc3)c(-c3ccc(C)cc3)c2C#N)cc1OC. The van der Waals surface area contributed by atoms with Crippen molar-refractivity contribution in [1.29, 1.82) is 5.26 Å². The van der Waals surface area contributed by atoms with Gasteiger partial charge < -0.3 is 13.9 Å². The summed E-state index contributed by atoms with van der Waals surface area (Å²) in [5, 5.41) is 10.0. The molecule has 33 heavy (non-hydrogen) atoms. The van der Waals surface area contributed by atoms with E-state index in [0.29, 0.717) is 22.8 Å². The molecule has 0 saturated heterocycles. The molecule has 0 saturated carbocycles. The molecule has 5 heteroatoms. The number of aliphatic imine (C=N–C) groups is 1. The molecular weight excluding hydrogens is 412 g/mol. The highest BCUT2D eigenvalue weighted by Gasteiger charge is 2.22. The summed E-state index contributed by atoms with van der Waals surface area (Å²) >= 11 is 0. The van der Waals surface area contributed by atoms with Crippen LogP contribution in [0, 0.1) is 25.2 Å². The number of hydrogen-bond acceptors (Lipinski definition) is 5. The zero-order valence-electron chi connectivity index (χ0n) is 19.0. The number of furan rings is 1. The second kappa shape index (κ2) is 9.46. The van der Waals surface area contributed by atoms with Crippen molar-refractivity contribution < 1.29 is 13.9 Å². The van der Waals surface area contributed by atoms with E-state index >= 15 is 0 Å². The molecule has 0 amide bonds. The third kappa shape index (κ3) is 4.51. The first-order valence-electron chi connectivity index (χ1n) is 10.5. The Bertz CT molecular complexity index is 1340. The second-order valence-electron chi connectivity index (χ2n) is 7.70. The quantitative estimate of drug-likeness (QED) is 0.309. The molecule has 1 aromatic heterocycles. The van der Waals surface area contributed by atoms with E-state index in [1.807, 2.05) is 80.6 Å². The number of rotatable bonds is 6. The van der Waals surface area contributed by atoms with E-state index < -0.39 is 0 Å². The van der Waals surface area contributed by atoms with Gasteiger partial charge in [-0.1, -0.05) is 59.7 Å². The summed E-state index contributed by atoms with van der Waals surface area (Å²) in [5.74, 6) is 2.11. The average molecular weight is 437 g/mol. The number of nitrogens with zero attached hydrogens (tertiary/aromatic N) is 2. The van der Waals surface area contributed by atoms with Gasteiger partial charge in [0.25, 0.3) is 0 Å². The topological polar surface area (TPSA) is 67.8 Å². The third-order valence-electron chi connectivity index (χ3n) is 5.39. The van der Waals surface area contributed by atoms with Gasteiger partial charge in [0.2, 0.25) is 5.88 Å². The Labute approximate surface area is 193 Å². The molecule has 3 aromatic carbocycles. The highest BCUT2D eigenvalue weighted by Crippen LogP contribution is 2.42. The molecule has 0 N–H and O–H groups in total. The van der Waals surface area contributed by atoms with Crippen LogP contribution in [0.25, 0.3) is 22.5 Å². The van der Waals surface area contributed by atoms with Crippen LogP contribution < -0.4 is 9.47 Å². The summed E-state index contributed by atoms with van der Waals surface area (Å²) in [6.07, 6.45) is 1.65. The molecular formula is C28H24N2O3. The molecule has 164 valence electrons. The van der Waals surface area contributed by atoms with Gasteiger partial charge in [0.1, 0.15) is 17.4 Å². The normalized spacial score (nSPS) is 10.9. The van der Waals surface area contributed by atoms with Crippen molar-refractivity contribution in [1.82, 2.24) is 0 Å². The van der Waals surface area contributed by atoms with Crippen molar-refractivity contribution in [2.45, 2.75) is 13.8 Å². The minimum absolute atomic E-state index is 0.262. The molecule has 0 bridgehead atoms. The highest BCUT2D eigenvalue weighted by molar-refractivity contribution is 5.90. The van der Waals surface area contributed by atoms with Gasteiger partial charge in [0.15, 0.2) is 11.5 Å². The second-order valence-corrected chi connectivity index (χ2v) is 7.70. The lowest BCUT2D eigenvalue weighted by Crippen LogP contribution is -1.92. The zero-order valence-corrected chi connectivity index (χ0v) is 19.0. The van der Waals surface area contributed by atoms with Crippen LogP contribution in [0.5, 0.6) is 11.5 Å². The summed E-state index contributed by atoms with van der Waals surface area (Å²) in [7, 11) is 3.17. The number of methoxy groups -OCH3 is 2. The lowest BCUT2D eigenvalue weighted by atomic mass is 9.97. The molecule has 0 atom stereocenters. The zero-order chi connectivity index (χ0) is 23.4. The number of hydrogen-bond donors (Lipinski definition) is 0. The largest absolute Gasteiger partial charge is 0.493 e. The van der Waals surface area contributed by atoms with Gasteiger partial charge in [0, 0.05) is 17.3 Å². The lowest BCUT2D eigenvalue weighted by Gasteiger charge is -2.07. The number of ether oxygens (including phenoxy) is 2. The van der Waals surface area contributed by atoms with Crippen LogP contribution in [0.2, 0.25) is 0 Å². The summed E-state index contributed by atoms with van der Waals surface area (Å²) < 4.78 is 16.9. The van der Waals surface area contributed by atoms with Gasteiger partial charge in [-0.25, -0.2) is 4.99 Å². The Morgan fingerprint density at radius 3 is 2.00 bits per heavy atom. The number of benzene rings is 3. The summed E-state index contributed by atoms with van der Waals surface area (Å²) in [5.41, 5.74) is 6.01. The summed E-state index contributed by atoms with van der Waals surface area (Å²) in [4.78, 5) is 4.54. The minimum Gasteiger partial charge on any atom is -0.493 e. The fourth-order valence-electron chi connectivity index (χ4n) is 3.58. The maximum atomic E-state index is 10.0. The van der Waals surface area contributed by atoms with Crippen molar-refractivity contribution in [2.24, 2.45) is 4.99 Å². The standard InChI is InChI=1S/C28H24N2O3/c1-18-5-10-21(11-6-18)26-23(16-29)28(33-27(26)22-12-7-19(2)8-13-22)30-17-20-9-14-24(31-3)25(15-20)32-4/h5-15,17H,1-4H3. The Kier molecular flexibility index (Phi) is 6.28. The van der Waals surface area contributed by atoms with E-state index in [1.165, 1.54) is 0 Å². The molecule has 5 nitrogen and oxygen atoms in total. The Morgan fingerprint density at radius 1 is 0.818 bits per heavy atom. The first-order chi connectivity index (χ1) is 16.0. The van der Waals surface area contributed by atoms with Gasteiger partial charge in [-0.2, -0.15) is 5.26 Å². The van der Waals surface area contributed by atoms with Crippen molar-refractivity contribution >= 4 is 12.1 Å². The van der Waals surface area contributed by atoms with Crippen molar-refractivity contribution in [3.8, 4) is 40.0 Å². The monoisotopic (exact) mass is 436 g/mol. The predicted octanol–water partition coefficient (Wildman–Crippen LogP) is 6.87. The predicted molar refractivity (Wildman–Crippen MR) is 131 cm³/mol. The van der Waals surface area contributed by atoms with Crippen LogP contribution in [0.15, 0.2) is 76.1 Å². The smallest absolute Gasteiger partial charge is 0.238 e. The van der Waals surface area contributed by atoms with Crippen molar-refractivity contribution in [3.63, 3.8) is 0 Å². The van der Waals surface area contributed by atoms with Gasteiger partial charge in [0.05, 0.1) is 14.2 Å². The van der Waals surface area contributed by atoms with Crippen LogP contribution >= 0.6 is 0 Å². The van der Waals surface area contributed by atoms with Crippen LogP contribution in [0.1, 0.15) is 22.3 Å². The van der Waals surface area contributed by atoms with Crippen LogP contribution in [0.4, 0.5) is 5.88 Å². The summed E-state index contributed by atoms with van der Waals surface area (Å²) in [6, 6.07) is 23.9. The van der Waals surface area contributed by atoms with Crippen LogP contribution in [0.3, 0.4) is 0 Å². The van der Waals surface area contributed by atoms with Gasteiger partial charge in [-0.05, 0) is 43.2 Å². The highest BCUT2D eigenvalue weighted by atomic mass is 16.5. The van der Waals surface area contributed by atoms with Gasteiger partial charge >= 0.3 is 0 Å². The molecule has 1 heterocycles. The molecule has 0 spiro atoms. The molecule has 4 aromatic rings. The molecule has 0 unspecified atom stereocenters. The first-order valence-corrected chi connectivity index (χ1v) is 10.5.